The van der Waals surface area contributed by atoms with Crippen molar-refractivity contribution in [2.45, 2.75) is 18.0 Å². The first kappa shape index (κ1) is 15.9. The van der Waals surface area contributed by atoms with Crippen molar-refractivity contribution < 1.29 is 13.2 Å². The molecule has 0 fully saturated rings. The molecule has 2 rings (SSSR count). The summed E-state index contributed by atoms with van der Waals surface area (Å²) in [4.78, 5) is 8.31. The number of nitrogens with zero attached hydrogens (tertiary/aromatic N) is 2. The van der Waals surface area contributed by atoms with Crippen LogP contribution in [0.2, 0.25) is 5.15 Å². The molecular formula is C13H11ClF3N3S. The van der Waals surface area contributed by atoms with Crippen molar-refractivity contribution in [2.75, 3.05) is 11.1 Å². The van der Waals surface area contributed by atoms with Crippen molar-refractivity contribution in [3.05, 3.63) is 41.2 Å². The molecule has 112 valence electrons. The lowest BCUT2D eigenvalue weighted by atomic mass is 10.3. The lowest BCUT2D eigenvalue weighted by Gasteiger charge is -2.10. The predicted octanol–water partition coefficient (Wildman–Crippen LogP) is 5.00. The van der Waals surface area contributed by atoms with Gasteiger partial charge in [0.1, 0.15) is 10.7 Å². The van der Waals surface area contributed by atoms with Crippen molar-refractivity contribution in [1.29, 1.82) is 0 Å². The van der Waals surface area contributed by atoms with Crippen LogP contribution in [0.4, 0.5) is 24.8 Å². The maximum absolute atomic E-state index is 12.6. The molecule has 0 unspecified atom stereocenters. The number of nitrogens with one attached hydrogen (secondary N) is 1. The van der Waals surface area contributed by atoms with Crippen LogP contribution in [0.1, 0.15) is 12.5 Å². The van der Waals surface area contributed by atoms with E-state index in [9.17, 15) is 13.2 Å². The topological polar surface area (TPSA) is 37.8 Å². The minimum atomic E-state index is -4.56. The molecule has 0 radical (unpaired) electrons. The normalized spacial score (nSPS) is 11.5. The molecular weight excluding hydrogens is 323 g/mol. The third-order valence-corrected chi connectivity index (χ3v) is 3.61. The van der Waals surface area contributed by atoms with Crippen LogP contribution < -0.4 is 5.32 Å². The summed E-state index contributed by atoms with van der Waals surface area (Å²) >= 11 is 7.20. The smallest absolute Gasteiger partial charge is 0.324 e. The molecule has 21 heavy (non-hydrogen) atoms. The van der Waals surface area contributed by atoms with E-state index in [1.165, 1.54) is 0 Å². The van der Waals surface area contributed by atoms with Gasteiger partial charge in [-0.2, -0.15) is 13.2 Å². The Morgan fingerprint density at radius 1 is 1.33 bits per heavy atom. The average molecular weight is 334 g/mol. The van der Waals surface area contributed by atoms with E-state index in [1.54, 1.807) is 17.8 Å². The van der Waals surface area contributed by atoms with E-state index in [-0.39, 0.29) is 5.95 Å². The fourth-order valence-corrected chi connectivity index (χ4v) is 2.53. The third kappa shape index (κ3) is 4.25. The van der Waals surface area contributed by atoms with Gasteiger partial charge in [0, 0.05) is 16.8 Å². The first-order valence-corrected chi connectivity index (χ1v) is 7.36. The van der Waals surface area contributed by atoms with Crippen LogP contribution in [0.25, 0.3) is 0 Å². The number of hydrogen-bond donors (Lipinski definition) is 1. The number of anilines is 2. The van der Waals surface area contributed by atoms with Crippen molar-refractivity contribution >= 4 is 35.0 Å². The quantitative estimate of drug-likeness (QED) is 0.631. The van der Waals surface area contributed by atoms with E-state index in [0.717, 1.165) is 10.6 Å². The minimum Gasteiger partial charge on any atom is -0.324 e. The molecule has 0 aliphatic heterocycles. The van der Waals surface area contributed by atoms with E-state index in [2.05, 4.69) is 15.3 Å². The van der Waals surface area contributed by atoms with Gasteiger partial charge in [-0.1, -0.05) is 24.6 Å². The summed E-state index contributed by atoms with van der Waals surface area (Å²) in [6.45, 7) is 2.03. The Kier molecular flexibility index (Phi) is 4.95. The van der Waals surface area contributed by atoms with Crippen molar-refractivity contribution in [2.24, 2.45) is 0 Å². The Labute approximate surface area is 128 Å². The summed E-state index contributed by atoms with van der Waals surface area (Å²) in [7, 11) is 0. The van der Waals surface area contributed by atoms with E-state index in [1.807, 2.05) is 25.1 Å². The van der Waals surface area contributed by atoms with Gasteiger partial charge in [0.2, 0.25) is 5.95 Å². The molecule has 3 nitrogen and oxygen atoms in total. The maximum Gasteiger partial charge on any atom is 0.420 e. The number of benzene rings is 1. The van der Waals surface area contributed by atoms with Crippen molar-refractivity contribution in [1.82, 2.24) is 9.97 Å². The van der Waals surface area contributed by atoms with Crippen LogP contribution in [0, 0.1) is 0 Å². The van der Waals surface area contributed by atoms with E-state index in [0.29, 0.717) is 11.9 Å². The molecule has 1 aromatic heterocycles. The van der Waals surface area contributed by atoms with Gasteiger partial charge in [-0.15, -0.1) is 11.8 Å². The molecule has 0 amide bonds. The molecule has 1 N–H and O–H groups in total. The standard InChI is InChI=1S/C13H11ClF3N3S/c1-2-21-9-5-3-4-8(6-9)19-12-18-7-10(11(14)20-12)13(15,16)17/h3-7H,2H2,1H3,(H,18,19,20). The Balaban J connectivity index is 2.20. The highest BCUT2D eigenvalue weighted by Crippen LogP contribution is 2.33. The fraction of sp³-hybridized carbons (Fsp3) is 0.231. The molecule has 0 aliphatic carbocycles. The minimum absolute atomic E-state index is 0.0200. The van der Waals surface area contributed by atoms with Gasteiger partial charge in [0.25, 0.3) is 0 Å². The van der Waals surface area contributed by atoms with Gasteiger partial charge in [-0.3, -0.25) is 0 Å². The third-order valence-electron chi connectivity index (χ3n) is 2.45. The highest BCUT2D eigenvalue weighted by Gasteiger charge is 2.34. The SMILES string of the molecule is CCSc1cccc(Nc2ncc(C(F)(F)F)c(Cl)n2)c1. The first-order valence-electron chi connectivity index (χ1n) is 5.99. The summed E-state index contributed by atoms with van der Waals surface area (Å²) in [5, 5.41) is 2.21. The van der Waals surface area contributed by atoms with Gasteiger partial charge in [-0.25, -0.2) is 9.97 Å². The van der Waals surface area contributed by atoms with Crippen LogP contribution in [-0.2, 0) is 6.18 Å². The second-order valence-electron chi connectivity index (χ2n) is 3.98. The Bertz CT molecular complexity index is 634. The summed E-state index contributed by atoms with van der Waals surface area (Å²) in [5.74, 6) is 0.943. The van der Waals surface area contributed by atoms with Gasteiger partial charge in [-0.05, 0) is 24.0 Å². The number of aromatic nitrogens is 2. The van der Waals surface area contributed by atoms with Gasteiger partial charge in [0.15, 0.2) is 0 Å². The van der Waals surface area contributed by atoms with E-state index < -0.39 is 16.9 Å². The average Bonchev–Trinajstić information content (AvgIpc) is 2.38. The lowest BCUT2D eigenvalue weighted by Crippen LogP contribution is -2.09. The Morgan fingerprint density at radius 2 is 2.10 bits per heavy atom. The second kappa shape index (κ2) is 6.53. The van der Waals surface area contributed by atoms with E-state index in [4.69, 9.17) is 11.6 Å². The van der Waals surface area contributed by atoms with Crippen molar-refractivity contribution in [3.8, 4) is 0 Å². The molecule has 0 saturated heterocycles. The molecule has 0 spiro atoms. The number of thioether (sulfide) groups is 1. The summed E-state index contributed by atoms with van der Waals surface area (Å²) < 4.78 is 37.7. The zero-order valence-electron chi connectivity index (χ0n) is 10.9. The van der Waals surface area contributed by atoms with Crippen LogP contribution in [0.15, 0.2) is 35.4 Å². The monoisotopic (exact) mass is 333 g/mol. The summed E-state index contributed by atoms with van der Waals surface area (Å²) in [5.41, 5.74) is -0.366. The van der Waals surface area contributed by atoms with Gasteiger partial charge in [0.05, 0.1) is 0 Å². The molecule has 8 heteroatoms. The van der Waals surface area contributed by atoms with E-state index >= 15 is 0 Å². The van der Waals surface area contributed by atoms with Crippen LogP contribution in [0.5, 0.6) is 0 Å². The van der Waals surface area contributed by atoms with Crippen LogP contribution in [0.3, 0.4) is 0 Å². The molecule has 0 saturated carbocycles. The number of halogens is 4. The summed E-state index contributed by atoms with van der Waals surface area (Å²) in [6, 6.07) is 7.42. The maximum atomic E-state index is 12.6. The zero-order valence-corrected chi connectivity index (χ0v) is 12.5. The van der Waals surface area contributed by atoms with Gasteiger partial charge < -0.3 is 5.32 Å². The lowest BCUT2D eigenvalue weighted by molar-refractivity contribution is -0.137. The van der Waals surface area contributed by atoms with Gasteiger partial charge >= 0.3 is 6.18 Å². The predicted molar refractivity (Wildman–Crippen MR) is 78.2 cm³/mol. The highest BCUT2D eigenvalue weighted by atomic mass is 35.5. The van der Waals surface area contributed by atoms with Crippen LogP contribution in [-0.4, -0.2) is 15.7 Å². The molecule has 1 aromatic carbocycles. The molecule has 0 atom stereocenters. The Hall–Kier alpha value is -1.47. The van der Waals surface area contributed by atoms with Crippen LogP contribution >= 0.6 is 23.4 Å². The van der Waals surface area contributed by atoms with Crippen molar-refractivity contribution in [3.63, 3.8) is 0 Å². The largest absolute Gasteiger partial charge is 0.420 e. The number of alkyl halides is 3. The summed E-state index contributed by atoms with van der Waals surface area (Å²) in [6.07, 6.45) is -3.89. The number of hydrogen-bond acceptors (Lipinski definition) is 4. The molecule has 0 bridgehead atoms. The molecule has 0 aliphatic rings. The highest BCUT2D eigenvalue weighted by molar-refractivity contribution is 7.99. The molecule has 1 heterocycles. The fourth-order valence-electron chi connectivity index (χ4n) is 1.57. The second-order valence-corrected chi connectivity index (χ2v) is 5.68. The Morgan fingerprint density at radius 3 is 2.71 bits per heavy atom. The zero-order chi connectivity index (χ0) is 15.5. The number of rotatable bonds is 4. The molecule has 2 aromatic rings. The first-order chi connectivity index (χ1) is 9.90.